The smallest absolute Gasteiger partial charge is 0.304 e. The minimum absolute atomic E-state index is 0. The molecule has 159 valence electrons. The van der Waals surface area contributed by atoms with E-state index in [-0.39, 0.29) is 42.0 Å². The Morgan fingerprint density at radius 2 is 1.90 bits per heavy atom. The molecular formula is C20H29N5NaO3S. The van der Waals surface area contributed by atoms with E-state index in [1.807, 2.05) is 39.1 Å². The van der Waals surface area contributed by atoms with Crippen molar-refractivity contribution in [1.29, 1.82) is 0 Å². The molecule has 1 amide bonds. The summed E-state index contributed by atoms with van der Waals surface area (Å²) in [5.41, 5.74) is 3.33. The van der Waals surface area contributed by atoms with Crippen molar-refractivity contribution in [3.05, 3.63) is 47.3 Å². The van der Waals surface area contributed by atoms with Gasteiger partial charge in [0, 0.05) is 49.3 Å². The number of aromatic nitrogens is 2. The number of amides is 1. The van der Waals surface area contributed by atoms with E-state index in [0.29, 0.717) is 12.2 Å². The fourth-order valence-electron chi connectivity index (χ4n) is 3.98. The van der Waals surface area contributed by atoms with E-state index in [4.69, 9.17) is 0 Å². The summed E-state index contributed by atoms with van der Waals surface area (Å²) in [4.78, 5) is 14.7. The zero-order valence-electron chi connectivity index (χ0n) is 18.4. The van der Waals surface area contributed by atoms with E-state index < -0.39 is 16.1 Å². The van der Waals surface area contributed by atoms with E-state index in [2.05, 4.69) is 14.7 Å². The van der Waals surface area contributed by atoms with Crippen LogP contribution in [0.25, 0.3) is 0 Å². The number of likely N-dealkylation sites (N-methyl/N-ethyl adjacent to an activating group) is 1. The van der Waals surface area contributed by atoms with Gasteiger partial charge in [-0.1, -0.05) is 29.3 Å². The van der Waals surface area contributed by atoms with E-state index in [1.54, 1.807) is 17.9 Å². The van der Waals surface area contributed by atoms with Crippen LogP contribution < -0.4 is 9.03 Å². The van der Waals surface area contributed by atoms with E-state index >= 15 is 0 Å². The third-order valence-electron chi connectivity index (χ3n) is 5.02. The molecule has 2 aromatic rings. The van der Waals surface area contributed by atoms with Gasteiger partial charge in [-0.25, -0.2) is 9.03 Å². The van der Waals surface area contributed by atoms with Crippen LogP contribution >= 0.6 is 0 Å². The Morgan fingerprint density at radius 1 is 1.23 bits per heavy atom. The molecule has 0 bridgehead atoms. The summed E-state index contributed by atoms with van der Waals surface area (Å²) in [6.45, 7) is 5.43. The van der Waals surface area contributed by atoms with Crippen molar-refractivity contribution in [3.63, 3.8) is 0 Å². The molecule has 1 unspecified atom stereocenters. The summed E-state index contributed by atoms with van der Waals surface area (Å²) in [5, 5.41) is 4.12. The second-order valence-corrected chi connectivity index (χ2v) is 9.48. The molecule has 1 atom stereocenters. The topological polar surface area (TPSA) is 87.5 Å². The molecule has 0 aliphatic carbocycles. The van der Waals surface area contributed by atoms with Crippen molar-refractivity contribution in [2.24, 2.45) is 7.05 Å². The maximum absolute atomic E-state index is 13.2. The van der Waals surface area contributed by atoms with Gasteiger partial charge in [0.15, 0.2) is 0 Å². The standard InChI is InChI=1S/C20H29N5O3S.Na/c1-15-8-16(2)10-17(9-15)11-20(26)22-29(27,28)25(19-12-21-24(4)14-19)18-6-5-7-23(3)13-18;/h8-10,12,14,18H,5-7,11,13H2,1-4H3,(H,22,26);. The number of anilines is 1. The van der Waals surface area contributed by atoms with Crippen LogP contribution in [0.4, 0.5) is 5.69 Å². The van der Waals surface area contributed by atoms with Gasteiger partial charge in [0.1, 0.15) is 0 Å². The first kappa shape index (κ1) is 24.9. The fraction of sp³-hybridized carbons (Fsp3) is 0.500. The van der Waals surface area contributed by atoms with Crippen LogP contribution in [0, 0.1) is 13.8 Å². The van der Waals surface area contributed by atoms with Gasteiger partial charge in [-0.05, 0) is 45.8 Å². The number of piperidine rings is 1. The monoisotopic (exact) mass is 442 g/mol. The Bertz CT molecular complexity index is 972. The Hall–Kier alpha value is -1.39. The van der Waals surface area contributed by atoms with Gasteiger partial charge >= 0.3 is 10.2 Å². The fourth-order valence-corrected chi connectivity index (χ4v) is 5.38. The Morgan fingerprint density at radius 3 is 2.47 bits per heavy atom. The third-order valence-corrected chi connectivity index (χ3v) is 6.54. The minimum atomic E-state index is -4.07. The SMILES string of the molecule is Cc1cc(C)cc(CC(=O)NS(=O)(=O)N(c2cnn(C)c2)C2CCCN(C)C2)c1.[Na]. The van der Waals surface area contributed by atoms with Crippen molar-refractivity contribution >= 4 is 51.4 Å². The molecule has 1 aliphatic heterocycles. The van der Waals surface area contributed by atoms with Gasteiger partial charge in [-0.3, -0.25) is 9.48 Å². The Balaban J connectivity index is 0.00000320. The van der Waals surface area contributed by atoms with Crippen LogP contribution in [0.1, 0.15) is 29.5 Å². The molecule has 1 aliphatic rings. The molecule has 30 heavy (non-hydrogen) atoms. The third kappa shape index (κ3) is 6.31. The number of hydrogen-bond acceptors (Lipinski definition) is 5. The first-order chi connectivity index (χ1) is 13.6. The number of hydrogen-bond donors (Lipinski definition) is 1. The summed E-state index contributed by atoms with van der Waals surface area (Å²) < 4.78 is 31.6. The van der Waals surface area contributed by atoms with Crippen molar-refractivity contribution in [1.82, 2.24) is 19.4 Å². The number of rotatable bonds is 6. The zero-order valence-corrected chi connectivity index (χ0v) is 21.2. The van der Waals surface area contributed by atoms with E-state index in [0.717, 1.165) is 36.1 Å². The van der Waals surface area contributed by atoms with Gasteiger partial charge in [0.05, 0.1) is 24.3 Å². The van der Waals surface area contributed by atoms with Crippen LogP contribution in [-0.4, -0.2) is 84.7 Å². The molecule has 8 nitrogen and oxygen atoms in total. The van der Waals surface area contributed by atoms with Crippen LogP contribution in [0.5, 0.6) is 0 Å². The molecule has 1 radical (unpaired) electrons. The van der Waals surface area contributed by atoms with Crippen LogP contribution in [-0.2, 0) is 28.5 Å². The minimum Gasteiger partial charge on any atom is -0.304 e. The Kier molecular flexibility index (Phi) is 8.52. The molecule has 1 N–H and O–H groups in total. The molecule has 0 spiro atoms. The zero-order chi connectivity index (χ0) is 21.2. The number of benzene rings is 1. The molecular weight excluding hydrogens is 413 g/mol. The first-order valence-corrected chi connectivity index (χ1v) is 11.2. The van der Waals surface area contributed by atoms with Crippen LogP contribution in [0.3, 0.4) is 0 Å². The predicted molar refractivity (Wildman–Crippen MR) is 119 cm³/mol. The number of carbonyl (C=O) groups excluding carboxylic acids is 1. The molecule has 1 fully saturated rings. The first-order valence-electron chi connectivity index (χ1n) is 9.73. The van der Waals surface area contributed by atoms with Gasteiger partial charge in [-0.15, -0.1) is 0 Å². The molecule has 1 aromatic heterocycles. The quantitative estimate of drug-likeness (QED) is 0.679. The normalized spacial score (nSPS) is 17.3. The second kappa shape index (κ2) is 10.3. The van der Waals surface area contributed by atoms with Gasteiger partial charge in [-0.2, -0.15) is 13.5 Å². The second-order valence-electron chi connectivity index (χ2n) is 7.93. The molecule has 1 aromatic carbocycles. The summed E-state index contributed by atoms with van der Waals surface area (Å²) in [5.74, 6) is -0.548. The van der Waals surface area contributed by atoms with Crippen LogP contribution in [0.2, 0.25) is 0 Å². The average molecular weight is 443 g/mol. The Labute approximate surface area is 201 Å². The molecule has 1 saturated heterocycles. The summed E-state index contributed by atoms with van der Waals surface area (Å²) in [6.07, 6.45) is 4.80. The van der Waals surface area contributed by atoms with Gasteiger partial charge in [0.2, 0.25) is 5.91 Å². The van der Waals surface area contributed by atoms with Gasteiger partial charge in [0.25, 0.3) is 0 Å². The number of carbonyl (C=O) groups is 1. The summed E-state index contributed by atoms with van der Waals surface area (Å²) >= 11 is 0. The summed E-state index contributed by atoms with van der Waals surface area (Å²) in [6, 6.07) is 5.55. The molecule has 10 heteroatoms. The largest absolute Gasteiger partial charge is 0.326 e. The summed E-state index contributed by atoms with van der Waals surface area (Å²) in [7, 11) is -0.364. The van der Waals surface area contributed by atoms with Gasteiger partial charge < -0.3 is 4.90 Å². The molecule has 3 rings (SSSR count). The predicted octanol–water partition coefficient (Wildman–Crippen LogP) is 1.16. The van der Waals surface area contributed by atoms with Crippen molar-refractivity contribution in [3.8, 4) is 0 Å². The van der Waals surface area contributed by atoms with Crippen LogP contribution in [0.15, 0.2) is 30.6 Å². The number of nitrogens with zero attached hydrogens (tertiary/aromatic N) is 4. The molecule has 2 heterocycles. The molecule has 0 saturated carbocycles. The van der Waals surface area contributed by atoms with Crippen molar-refractivity contribution < 1.29 is 13.2 Å². The number of nitrogens with one attached hydrogen (secondary N) is 1. The maximum atomic E-state index is 13.2. The number of likely N-dealkylation sites (tertiary alicyclic amines) is 1. The van der Waals surface area contributed by atoms with E-state index in [1.165, 1.54) is 10.5 Å². The number of aryl methyl sites for hydroxylation is 3. The van der Waals surface area contributed by atoms with Crippen molar-refractivity contribution in [2.75, 3.05) is 24.4 Å². The van der Waals surface area contributed by atoms with Crippen molar-refractivity contribution in [2.45, 2.75) is 39.2 Å². The average Bonchev–Trinajstić information content (AvgIpc) is 2.98. The van der Waals surface area contributed by atoms with E-state index in [9.17, 15) is 13.2 Å². The maximum Gasteiger partial charge on any atom is 0.326 e.